The van der Waals surface area contributed by atoms with Crippen molar-refractivity contribution in [3.05, 3.63) is 99.5 Å². The summed E-state index contributed by atoms with van der Waals surface area (Å²) in [5.74, 6) is -5.88. The van der Waals surface area contributed by atoms with Gasteiger partial charge < -0.3 is 19.9 Å². The number of aliphatic carboxylic acids is 1. The van der Waals surface area contributed by atoms with Gasteiger partial charge in [-0.15, -0.1) is 0 Å². The van der Waals surface area contributed by atoms with Crippen LogP contribution >= 0.6 is 23.2 Å². The number of halogens is 5. The third-order valence-corrected chi connectivity index (χ3v) is 5.40. The summed E-state index contributed by atoms with van der Waals surface area (Å²) >= 11 is 11.5. The van der Waals surface area contributed by atoms with E-state index < -0.39 is 53.5 Å². The standard InChI is InChI=1S/C25H16Cl2F3NO7/c26-15-9-5-13(6-10-15)23(35)37-19(21(32)31-18-4-2-1-3-17(18)25(28,29)30)20(22(33)34)38-24(36)14-7-11-16(27)12-8-14/h1-12,19-20H,(H,31,32)(H,33,34)/t19-,20+/m0/s1. The van der Waals surface area contributed by atoms with Crippen molar-refractivity contribution in [2.75, 3.05) is 5.32 Å². The molecule has 13 heteroatoms. The van der Waals surface area contributed by atoms with Gasteiger partial charge >= 0.3 is 24.1 Å². The molecule has 0 unspecified atom stereocenters. The van der Waals surface area contributed by atoms with Crippen LogP contribution in [-0.2, 0) is 25.2 Å². The van der Waals surface area contributed by atoms with Crippen molar-refractivity contribution in [3.63, 3.8) is 0 Å². The summed E-state index contributed by atoms with van der Waals surface area (Å²) in [4.78, 5) is 50.4. The molecule has 0 aliphatic heterocycles. The Kier molecular flexibility index (Phi) is 8.97. The Morgan fingerprint density at radius 2 is 1.18 bits per heavy atom. The molecule has 0 saturated heterocycles. The molecular formula is C25H16Cl2F3NO7. The monoisotopic (exact) mass is 569 g/mol. The van der Waals surface area contributed by atoms with Gasteiger partial charge in [-0.2, -0.15) is 13.2 Å². The maximum Gasteiger partial charge on any atom is 0.418 e. The molecule has 0 radical (unpaired) electrons. The Morgan fingerprint density at radius 1 is 0.737 bits per heavy atom. The van der Waals surface area contributed by atoms with Crippen LogP contribution in [0.5, 0.6) is 0 Å². The van der Waals surface area contributed by atoms with Gasteiger partial charge in [-0.25, -0.2) is 14.4 Å². The van der Waals surface area contributed by atoms with Crippen molar-refractivity contribution < 1.29 is 46.9 Å². The first kappa shape index (κ1) is 28.5. The third kappa shape index (κ3) is 7.24. The second-order valence-electron chi connectivity index (χ2n) is 7.54. The molecule has 198 valence electrons. The number of carbonyl (C=O) groups excluding carboxylic acids is 3. The lowest BCUT2D eigenvalue weighted by Crippen LogP contribution is -2.48. The number of alkyl halides is 3. The van der Waals surface area contributed by atoms with Crippen LogP contribution in [0.1, 0.15) is 26.3 Å². The Labute approximate surface area is 222 Å². The molecule has 1 amide bonds. The zero-order chi connectivity index (χ0) is 28.0. The highest BCUT2D eigenvalue weighted by atomic mass is 35.5. The van der Waals surface area contributed by atoms with E-state index in [9.17, 15) is 37.5 Å². The average Bonchev–Trinajstić information content (AvgIpc) is 2.86. The summed E-state index contributed by atoms with van der Waals surface area (Å²) in [5.41, 5.74) is -2.32. The normalized spacial score (nSPS) is 12.7. The van der Waals surface area contributed by atoms with E-state index in [1.54, 1.807) is 0 Å². The van der Waals surface area contributed by atoms with Gasteiger partial charge in [0, 0.05) is 10.0 Å². The zero-order valence-corrected chi connectivity index (χ0v) is 20.4. The molecular weight excluding hydrogens is 554 g/mol. The molecule has 38 heavy (non-hydrogen) atoms. The molecule has 0 bridgehead atoms. The van der Waals surface area contributed by atoms with Gasteiger partial charge in [0.05, 0.1) is 22.4 Å². The van der Waals surface area contributed by atoms with Crippen LogP contribution in [-0.4, -0.2) is 41.1 Å². The number of rotatable bonds is 8. The van der Waals surface area contributed by atoms with Crippen LogP contribution in [0.15, 0.2) is 72.8 Å². The van der Waals surface area contributed by atoms with E-state index in [1.165, 1.54) is 54.6 Å². The third-order valence-electron chi connectivity index (χ3n) is 4.89. The van der Waals surface area contributed by atoms with E-state index in [-0.39, 0.29) is 21.2 Å². The van der Waals surface area contributed by atoms with Crippen LogP contribution in [0.25, 0.3) is 0 Å². The second kappa shape index (κ2) is 12.0. The van der Waals surface area contributed by atoms with Gasteiger partial charge in [-0.1, -0.05) is 35.3 Å². The van der Waals surface area contributed by atoms with E-state index >= 15 is 0 Å². The summed E-state index contributed by atoms with van der Waals surface area (Å²) < 4.78 is 50.3. The van der Waals surface area contributed by atoms with Crippen molar-refractivity contribution in [2.24, 2.45) is 0 Å². The number of para-hydroxylation sites is 1. The molecule has 0 saturated carbocycles. The number of anilines is 1. The lowest BCUT2D eigenvalue weighted by atomic mass is 10.1. The fourth-order valence-electron chi connectivity index (χ4n) is 3.08. The molecule has 0 fully saturated rings. The molecule has 0 aliphatic carbocycles. The minimum atomic E-state index is -4.88. The zero-order valence-electron chi connectivity index (χ0n) is 18.9. The number of nitrogens with one attached hydrogen (secondary N) is 1. The Morgan fingerprint density at radius 3 is 1.63 bits per heavy atom. The SMILES string of the molecule is O=C(O[C@H](C(=O)Nc1ccccc1C(F)(F)F)[C@@H](OC(=O)c1ccc(Cl)cc1)C(=O)O)c1ccc(Cl)cc1. The minimum Gasteiger partial charge on any atom is -0.478 e. The van der Waals surface area contributed by atoms with Crippen molar-refractivity contribution in [3.8, 4) is 0 Å². The van der Waals surface area contributed by atoms with E-state index in [2.05, 4.69) is 0 Å². The summed E-state index contributed by atoms with van der Waals surface area (Å²) in [6.07, 6.45) is -9.74. The molecule has 0 aliphatic rings. The molecule has 0 spiro atoms. The highest BCUT2D eigenvalue weighted by Crippen LogP contribution is 2.34. The molecule has 3 aromatic carbocycles. The largest absolute Gasteiger partial charge is 0.478 e. The molecule has 3 rings (SSSR count). The lowest BCUT2D eigenvalue weighted by molar-refractivity contribution is -0.157. The Hall–Kier alpha value is -4.09. The number of hydrogen-bond acceptors (Lipinski definition) is 6. The number of ether oxygens (including phenoxy) is 2. The number of carboxylic acid groups (broad SMARTS) is 1. The van der Waals surface area contributed by atoms with Crippen molar-refractivity contribution >= 4 is 52.7 Å². The van der Waals surface area contributed by atoms with E-state index in [0.717, 1.165) is 12.1 Å². The van der Waals surface area contributed by atoms with Crippen molar-refractivity contribution in [1.82, 2.24) is 0 Å². The van der Waals surface area contributed by atoms with Crippen molar-refractivity contribution in [2.45, 2.75) is 18.4 Å². The maximum atomic E-state index is 13.4. The molecule has 0 heterocycles. The van der Waals surface area contributed by atoms with E-state index in [4.69, 9.17) is 32.7 Å². The fourth-order valence-corrected chi connectivity index (χ4v) is 3.33. The van der Waals surface area contributed by atoms with Crippen LogP contribution in [0.4, 0.5) is 18.9 Å². The summed E-state index contributed by atoms with van der Waals surface area (Å²) in [7, 11) is 0. The Bertz CT molecular complexity index is 1350. The fraction of sp³-hybridized carbons (Fsp3) is 0.120. The van der Waals surface area contributed by atoms with Crippen LogP contribution in [0, 0.1) is 0 Å². The summed E-state index contributed by atoms with van der Waals surface area (Å²) in [5, 5.41) is 12.2. The number of amides is 1. The van der Waals surface area contributed by atoms with Crippen LogP contribution in [0.2, 0.25) is 10.0 Å². The molecule has 8 nitrogen and oxygen atoms in total. The first-order valence-corrected chi connectivity index (χ1v) is 11.3. The highest BCUT2D eigenvalue weighted by molar-refractivity contribution is 6.31. The lowest BCUT2D eigenvalue weighted by Gasteiger charge is -2.24. The number of hydrogen-bond donors (Lipinski definition) is 2. The molecule has 2 N–H and O–H groups in total. The topological polar surface area (TPSA) is 119 Å². The first-order chi connectivity index (χ1) is 17.9. The quantitative estimate of drug-likeness (QED) is 0.344. The van der Waals surface area contributed by atoms with Crippen LogP contribution in [0.3, 0.4) is 0 Å². The predicted molar refractivity (Wildman–Crippen MR) is 129 cm³/mol. The number of carbonyl (C=O) groups is 4. The van der Waals surface area contributed by atoms with E-state index in [1.807, 2.05) is 5.32 Å². The number of benzene rings is 3. The van der Waals surface area contributed by atoms with E-state index in [0.29, 0.717) is 6.07 Å². The number of carboxylic acids is 1. The maximum absolute atomic E-state index is 13.4. The highest BCUT2D eigenvalue weighted by Gasteiger charge is 2.42. The van der Waals surface area contributed by atoms with Crippen LogP contribution < -0.4 is 5.32 Å². The minimum absolute atomic E-state index is 0.161. The average molecular weight is 570 g/mol. The molecule has 2 atom stereocenters. The van der Waals surface area contributed by atoms with Gasteiger partial charge in [0.15, 0.2) is 0 Å². The molecule has 0 aromatic heterocycles. The van der Waals surface area contributed by atoms with Gasteiger partial charge in [-0.05, 0) is 60.7 Å². The van der Waals surface area contributed by atoms with Gasteiger partial charge in [0.25, 0.3) is 5.91 Å². The smallest absolute Gasteiger partial charge is 0.418 e. The van der Waals surface area contributed by atoms with Gasteiger partial charge in [-0.3, -0.25) is 4.79 Å². The first-order valence-electron chi connectivity index (χ1n) is 10.5. The second-order valence-corrected chi connectivity index (χ2v) is 8.41. The van der Waals surface area contributed by atoms with Crippen molar-refractivity contribution in [1.29, 1.82) is 0 Å². The Balaban J connectivity index is 1.97. The van der Waals surface area contributed by atoms with Gasteiger partial charge in [0.1, 0.15) is 0 Å². The predicted octanol–water partition coefficient (Wildman–Crippen LogP) is 5.49. The summed E-state index contributed by atoms with van der Waals surface area (Å²) in [6.45, 7) is 0. The van der Waals surface area contributed by atoms with Gasteiger partial charge in [0.2, 0.25) is 12.2 Å². The number of esters is 2. The summed E-state index contributed by atoms with van der Waals surface area (Å²) in [6, 6.07) is 13.9. The molecule has 3 aromatic rings.